The molecule has 128 valence electrons. The maximum Gasteiger partial charge on any atom is 0.0916 e. The van der Waals surface area contributed by atoms with E-state index in [1.54, 1.807) is 0 Å². The largest absolute Gasteiger partial charge is 0.387 e. The molecule has 3 rings (SSSR count). The molecule has 1 aliphatic rings. The van der Waals surface area contributed by atoms with Crippen LogP contribution in [0.1, 0.15) is 28.4 Å². The third-order valence-corrected chi connectivity index (χ3v) is 4.80. The van der Waals surface area contributed by atoms with E-state index < -0.39 is 6.10 Å². The Balaban J connectivity index is 1.75. The van der Waals surface area contributed by atoms with Crippen molar-refractivity contribution < 1.29 is 9.84 Å². The Morgan fingerprint density at radius 1 is 1.00 bits per heavy atom. The molecule has 0 aromatic heterocycles. The number of ether oxygens (including phenoxy) is 1. The smallest absolute Gasteiger partial charge is 0.0916 e. The van der Waals surface area contributed by atoms with Crippen LogP contribution in [-0.4, -0.2) is 42.9 Å². The highest BCUT2D eigenvalue weighted by Crippen LogP contribution is 2.29. The van der Waals surface area contributed by atoms with Gasteiger partial charge in [0.25, 0.3) is 0 Å². The van der Waals surface area contributed by atoms with Crippen LogP contribution < -0.4 is 0 Å². The Labute approximate surface area is 144 Å². The first-order valence-corrected chi connectivity index (χ1v) is 8.71. The molecule has 0 unspecified atom stereocenters. The molecule has 3 heteroatoms. The first-order chi connectivity index (χ1) is 11.5. The number of nitrogens with zero attached hydrogens (tertiary/aromatic N) is 1. The van der Waals surface area contributed by atoms with Crippen molar-refractivity contribution in [3.63, 3.8) is 0 Å². The second kappa shape index (κ2) is 7.47. The summed E-state index contributed by atoms with van der Waals surface area (Å²) in [6.07, 6.45) is -0.447. The van der Waals surface area contributed by atoms with E-state index in [1.165, 1.54) is 27.8 Å². The summed E-state index contributed by atoms with van der Waals surface area (Å²) >= 11 is 0. The molecule has 3 nitrogen and oxygen atoms in total. The van der Waals surface area contributed by atoms with Crippen molar-refractivity contribution in [2.75, 3.05) is 32.8 Å². The minimum atomic E-state index is -0.447. The maximum absolute atomic E-state index is 10.5. The van der Waals surface area contributed by atoms with Crippen LogP contribution in [-0.2, 0) is 4.74 Å². The summed E-state index contributed by atoms with van der Waals surface area (Å²) in [6, 6.07) is 12.8. The van der Waals surface area contributed by atoms with Gasteiger partial charge in [-0.1, -0.05) is 42.0 Å². The zero-order valence-electron chi connectivity index (χ0n) is 14.9. The second-order valence-electron chi connectivity index (χ2n) is 6.82. The number of aryl methyl sites for hydroxylation is 3. The SMILES string of the molecule is Cc1cc(C)c(-c2ccc([C@H](O)CN3CCOCC3)cc2)c(C)c1. The molecule has 1 heterocycles. The topological polar surface area (TPSA) is 32.7 Å². The average Bonchev–Trinajstić information content (AvgIpc) is 2.55. The zero-order chi connectivity index (χ0) is 17.1. The third kappa shape index (κ3) is 3.86. The summed E-state index contributed by atoms with van der Waals surface area (Å²) in [5.41, 5.74) is 7.39. The van der Waals surface area contributed by atoms with E-state index in [1.807, 2.05) is 0 Å². The van der Waals surface area contributed by atoms with Gasteiger partial charge in [0.05, 0.1) is 19.3 Å². The van der Waals surface area contributed by atoms with Gasteiger partial charge < -0.3 is 9.84 Å². The number of β-amino-alcohol motifs (C(OH)–C–C–N with tert-alkyl or cyclic N) is 1. The second-order valence-corrected chi connectivity index (χ2v) is 6.82. The van der Waals surface area contributed by atoms with Crippen molar-refractivity contribution in [2.45, 2.75) is 26.9 Å². The summed E-state index contributed by atoms with van der Waals surface area (Å²) in [7, 11) is 0. The van der Waals surface area contributed by atoms with Crippen molar-refractivity contribution in [3.05, 3.63) is 58.7 Å². The van der Waals surface area contributed by atoms with Crippen LogP contribution in [0.25, 0.3) is 11.1 Å². The van der Waals surface area contributed by atoms with Crippen LogP contribution in [0.2, 0.25) is 0 Å². The molecule has 0 radical (unpaired) electrons. The van der Waals surface area contributed by atoms with Gasteiger partial charge in [-0.25, -0.2) is 0 Å². The van der Waals surface area contributed by atoms with Crippen molar-refractivity contribution in [1.29, 1.82) is 0 Å². The predicted molar refractivity (Wildman–Crippen MR) is 98.3 cm³/mol. The monoisotopic (exact) mass is 325 g/mol. The Kier molecular flexibility index (Phi) is 5.34. The van der Waals surface area contributed by atoms with Gasteiger partial charge in [0.2, 0.25) is 0 Å². The Morgan fingerprint density at radius 2 is 1.58 bits per heavy atom. The average molecular weight is 325 g/mol. The molecule has 0 amide bonds. The highest BCUT2D eigenvalue weighted by molar-refractivity contribution is 5.71. The lowest BCUT2D eigenvalue weighted by atomic mass is 9.93. The van der Waals surface area contributed by atoms with E-state index in [0.29, 0.717) is 6.54 Å². The van der Waals surface area contributed by atoms with Crippen molar-refractivity contribution in [2.24, 2.45) is 0 Å². The third-order valence-electron chi connectivity index (χ3n) is 4.80. The lowest BCUT2D eigenvalue weighted by Gasteiger charge is -2.28. The van der Waals surface area contributed by atoms with E-state index in [4.69, 9.17) is 4.74 Å². The van der Waals surface area contributed by atoms with E-state index in [0.717, 1.165) is 31.9 Å². The van der Waals surface area contributed by atoms with Gasteiger partial charge in [-0.2, -0.15) is 0 Å². The fraction of sp³-hybridized carbons (Fsp3) is 0.429. The quantitative estimate of drug-likeness (QED) is 0.931. The number of benzene rings is 2. The molecule has 0 spiro atoms. The molecule has 2 aromatic carbocycles. The molecule has 0 saturated carbocycles. The van der Waals surface area contributed by atoms with Crippen molar-refractivity contribution >= 4 is 0 Å². The number of morpholine rings is 1. The van der Waals surface area contributed by atoms with Crippen LogP contribution in [0.3, 0.4) is 0 Å². The van der Waals surface area contributed by atoms with Gasteiger partial charge in [-0.3, -0.25) is 4.90 Å². The number of aliphatic hydroxyl groups is 1. The molecular formula is C21H27NO2. The summed E-state index contributed by atoms with van der Waals surface area (Å²) in [6.45, 7) is 10.5. The van der Waals surface area contributed by atoms with Gasteiger partial charge in [0.15, 0.2) is 0 Å². The standard InChI is InChI=1S/C21H27NO2/c1-15-12-16(2)21(17(3)13-15)19-6-4-18(5-7-19)20(23)14-22-8-10-24-11-9-22/h4-7,12-13,20,23H,8-11,14H2,1-3H3/t20-/m1/s1. The number of rotatable bonds is 4. The fourth-order valence-corrected chi connectivity index (χ4v) is 3.64. The fourth-order valence-electron chi connectivity index (χ4n) is 3.64. The molecule has 1 N–H and O–H groups in total. The first-order valence-electron chi connectivity index (χ1n) is 8.71. The number of hydrogen-bond donors (Lipinski definition) is 1. The van der Waals surface area contributed by atoms with Gasteiger partial charge in [0, 0.05) is 19.6 Å². The van der Waals surface area contributed by atoms with Crippen LogP contribution in [0.5, 0.6) is 0 Å². The number of hydrogen-bond acceptors (Lipinski definition) is 3. The van der Waals surface area contributed by atoms with Crippen LogP contribution in [0.4, 0.5) is 0 Å². The number of aliphatic hydroxyl groups excluding tert-OH is 1. The molecule has 2 aromatic rings. The van der Waals surface area contributed by atoms with E-state index >= 15 is 0 Å². The van der Waals surface area contributed by atoms with Crippen molar-refractivity contribution in [3.8, 4) is 11.1 Å². The van der Waals surface area contributed by atoms with E-state index in [9.17, 15) is 5.11 Å². The highest BCUT2D eigenvalue weighted by Gasteiger charge is 2.16. The van der Waals surface area contributed by atoms with Crippen LogP contribution in [0, 0.1) is 20.8 Å². The normalized spacial score (nSPS) is 17.0. The molecule has 1 aliphatic heterocycles. The molecule has 1 fully saturated rings. The maximum atomic E-state index is 10.5. The Hall–Kier alpha value is -1.68. The highest BCUT2D eigenvalue weighted by atomic mass is 16.5. The molecular weight excluding hydrogens is 298 g/mol. The Bertz CT molecular complexity index is 664. The van der Waals surface area contributed by atoms with Gasteiger partial charge in [-0.15, -0.1) is 0 Å². The van der Waals surface area contributed by atoms with Gasteiger partial charge >= 0.3 is 0 Å². The van der Waals surface area contributed by atoms with Gasteiger partial charge in [-0.05, 0) is 48.6 Å². The summed E-state index contributed by atoms with van der Waals surface area (Å²) in [5, 5.41) is 10.5. The first kappa shape index (κ1) is 17.2. The molecule has 0 bridgehead atoms. The molecule has 1 atom stereocenters. The summed E-state index contributed by atoms with van der Waals surface area (Å²) in [5.74, 6) is 0. The van der Waals surface area contributed by atoms with E-state index in [2.05, 4.69) is 62.1 Å². The zero-order valence-corrected chi connectivity index (χ0v) is 14.9. The molecule has 1 saturated heterocycles. The minimum Gasteiger partial charge on any atom is -0.387 e. The molecule has 0 aliphatic carbocycles. The van der Waals surface area contributed by atoms with Crippen LogP contribution in [0.15, 0.2) is 36.4 Å². The predicted octanol–water partition coefficient (Wildman–Crippen LogP) is 3.64. The minimum absolute atomic E-state index is 0.447. The van der Waals surface area contributed by atoms with E-state index in [-0.39, 0.29) is 0 Å². The van der Waals surface area contributed by atoms with Crippen molar-refractivity contribution in [1.82, 2.24) is 4.90 Å². The lowest BCUT2D eigenvalue weighted by molar-refractivity contribution is 0.0143. The summed E-state index contributed by atoms with van der Waals surface area (Å²) < 4.78 is 5.36. The Morgan fingerprint density at radius 3 is 2.17 bits per heavy atom. The molecule has 24 heavy (non-hydrogen) atoms. The lowest BCUT2D eigenvalue weighted by Crippen LogP contribution is -2.38. The summed E-state index contributed by atoms with van der Waals surface area (Å²) in [4.78, 5) is 2.26. The van der Waals surface area contributed by atoms with Crippen LogP contribution >= 0.6 is 0 Å². The van der Waals surface area contributed by atoms with Gasteiger partial charge in [0.1, 0.15) is 0 Å².